The predicted molar refractivity (Wildman–Crippen MR) is 64.5 cm³/mol. The van der Waals surface area contributed by atoms with Crippen LogP contribution in [0.5, 0.6) is 0 Å². The second-order valence-electron chi connectivity index (χ2n) is 3.41. The summed E-state index contributed by atoms with van der Waals surface area (Å²) in [5, 5.41) is 17.9. The van der Waals surface area contributed by atoms with Crippen LogP contribution in [0.1, 0.15) is 5.56 Å². The molecule has 0 spiro atoms. The van der Waals surface area contributed by atoms with E-state index in [0.29, 0.717) is 36.8 Å². The summed E-state index contributed by atoms with van der Waals surface area (Å²) in [7, 11) is 1.60. The molecule has 0 aliphatic carbocycles. The minimum atomic E-state index is -0.0123. The van der Waals surface area contributed by atoms with E-state index in [1.807, 2.05) is 6.07 Å². The van der Waals surface area contributed by atoms with Crippen LogP contribution in [0.3, 0.4) is 0 Å². The normalized spacial score (nSPS) is 9.94. The lowest BCUT2D eigenvalue weighted by Crippen LogP contribution is -2.31. The summed E-state index contributed by atoms with van der Waals surface area (Å²) in [5.74, 6) is 0.509. The van der Waals surface area contributed by atoms with Crippen molar-refractivity contribution in [3.8, 4) is 6.07 Å². The van der Waals surface area contributed by atoms with Gasteiger partial charge in [-0.15, -0.1) is 0 Å². The summed E-state index contributed by atoms with van der Waals surface area (Å²) in [6.07, 6.45) is 1.53. The van der Waals surface area contributed by atoms with E-state index in [4.69, 9.17) is 20.8 Å². The summed E-state index contributed by atoms with van der Waals surface area (Å²) < 4.78 is 4.98. The number of nitrogens with two attached hydrogens (primary N) is 1. The Balaban J connectivity index is 2.97. The molecular weight excluding hydrogens is 220 g/mol. The van der Waals surface area contributed by atoms with Crippen molar-refractivity contribution in [1.29, 1.82) is 5.26 Å². The molecule has 3 N–H and O–H groups in total. The highest BCUT2D eigenvalue weighted by Crippen LogP contribution is 2.22. The maximum absolute atomic E-state index is 9.00. The van der Waals surface area contributed by atoms with Crippen LogP contribution in [0, 0.1) is 11.3 Å². The molecule has 0 aromatic carbocycles. The van der Waals surface area contributed by atoms with Gasteiger partial charge in [-0.3, -0.25) is 0 Å². The molecule has 1 heterocycles. The van der Waals surface area contributed by atoms with Crippen molar-refractivity contribution < 1.29 is 9.84 Å². The number of rotatable bonds is 6. The lowest BCUT2D eigenvalue weighted by molar-refractivity contribution is 0.202. The van der Waals surface area contributed by atoms with Crippen molar-refractivity contribution in [1.82, 2.24) is 4.98 Å². The van der Waals surface area contributed by atoms with E-state index in [-0.39, 0.29) is 6.61 Å². The van der Waals surface area contributed by atoms with Crippen LogP contribution in [0.25, 0.3) is 0 Å². The largest absolute Gasteiger partial charge is 0.395 e. The highest BCUT2D eigenvalue weighted by Gasteiger charge is 2.13. The molecule has 0 unspecified atom stereocenters. The van der Waals surface area contributed by atoms with Gasteiger partial charge in [0.15, 0.2) is 5.82 Å². The Morgan fingerprint density at radius 3 is 2.94 bits per heavy atom. The number of hydrogen-bond acceptors (Lipinski definition) is 6. The average Bonchev–Trinajstić information content (AvgIpc) is 2.35. The standard InChI is InChI=1S/C11H16N4O2/c1-17-7-5-15(4-6-16)11-10(13)9(8-12)2-3-14-11/h2-3,16H,4-7,13H2,1H3. The third-order valence-electron chi connectivity index (χ3n) is 2.32. The van der Waals surface area contributed by atoms with Gasteiger partial charge in [0.25, 0.3) is 0 Å². The molecule has 0 aliphatic rings. The maximum Gasteiger partial charge on any atom is 0.153 e. The zero-order valence-corrected chi connectivity index (χ0v) is 9.76. The molecule has 0 fully saturated rings. The molecule has 0 atom stereocenters. The van der Waals surface area contributed by atoms with Crippen molar-refractivity contribution in [2.75, 3.05) is 44.0 Å². The number of ether oxygens (including phenoxy) is 1. The average molecular weight is 236 g/mol. The summed E-state index contributed by atoms with van der Waals surface area (Å²) in [6.45, 7) is 1.44. The van der Waals surface area contributed by atoms with Gasteiger partial charge in [0.2, 0.25) is 0 Å². The maximum atomic E-state index is 9.00. The van der Waals surface area contributed by atoms with Crippen molar-refractivity contribution in [3.63, 3.8) is 0 Å². The van der Waals surface area contributed by atoms with Gasteiger partial charge in [-0.2, -0.15) is 5.26 Å². The molecule has 0 aliphatic heterocycles. The van der Waals surface area contributed by atoms with Gasteiger partial charge in [0.1, 0.15) is 6.07 Å². The number of methoxy groups -OCH3 is 1. The van der Waals surface area contributed by atoms with E-state index in [0.717, 1.165) is 0 Å². The number of aromatic nitrogens is 1. The minimum Gasteiger partial charge on any atom is -0.395 e. The lowest BCUT2D eigenvalue weighted by Gasteiger charge is -2.23. The quantitative estimate of drug-likeness (QED) is 0.720. The first-order chi connectivity index (χ1) is 8.24. The Kier molecular flexibility index (Phi) is 5.20. The van der Waals surface area contributed by atoms with Crippen LogP contribution in [0.4, 0.5) is 11.5 Å². The topological polar surface area (TPSA) is 95.4 Å². The molecule has 6 nitrogen and oxygen atoms in total. The number of hydrogen-bond donors (Lipinski definition) is 2. The molecule has 17 heavy (non-hydrogen) atoms. The minimum absolute atomic E-state index is 0.0123. The molecule has 1 aromatic heterocycles. The Hall–Kier alpha value is -1.84. The Bertz CT molecular complexity index is 403. The highest BCUT2D eigenvalue weighted by molar-refractivity contribution is 5.69. The summed E-state index contributed by atoms with van der Waals surface area (Å²) in [6, 6.07) is 3.57. The molecule has 0 bridgehead atoms. The Labute approximate surface area is 100 Å². The van der Waals surface area contributed by atoms with E-state index in [1.54, 1.807) is 18.1 Å². The first kappa shape index (κ1) is 13.2. The number of pyridine rings is 1. The van der Waals surface area contributed by atoms with Crippen LogP contribution >= 0.6 is 0 Å². The number of anilines is 2. The Morgan fingerprint density at radius 2 is 2.35 bits per heavy atom. The van der Waals surface area contributed by atoms with Gasteiger partial charge >= 0.3 is 0 Å². The number of nitriles is 1. The van der Waals surface area contributed by atoms with Crippen LogP contribution in [-0.2, 0) is 4.74 Å². The van der Waals surface area contributed by atoms with Gasteiger partial charge < -0.3 is 20.5 Å². The molecule has 0 radical (unpaired) electrons. The number of aliphatic hydroxyl groups is 1. The molecule has 6 heteroatoms. The van der Waals surface area contributed by atoms with Crippen LogP contribution in [0.15, 0.2) is 12.3 Å². The molecule has 0 saturated heterocycles. The number of nitrogens with zero attached hydrogens (tertiary/aromatic N) is 3. The van der Waals surface area contributed by atoms with Crippen LogP contribution in [0.2, 0.25) is 0 Å². The van der Waals surface area contributed by atoms with Crippen molar-refractivity contribution >= 4 is 11.5 Å². The number of aliphatic hydroxyl groups excluding tert-OH is 1. The van der Waals surface area contributed by atoms with E-state index >= 15 is 0 Å². The van der Waals surface area contributed by atoms with Gasteiger partial charge in [-0.25, -0.2) is 4.98 Å². The Morgan fingerprint density at radius 1 is 1.59 bits per heavy atom. The van der Waals surface area contributed by atoms with E-state index in [1.165, 1.54) is 6.20 Å². The molecule has 0 amide bonds. The summed E-state index contributed by atoms with van der Waals surface area (Å²) in [5.41, 5.74) is 6.57. The third kappa shape index (κ3) is 3.31. The van der Waals surface area contributed by atoms with E-state index < -0.39 is 0 Å². The van der Waals surface area contributed by atoms with Crippen LogP contribution in [-0.4, -0.2) is 43.5 Å². The second-order valence-corrected chi connectivity index (χ2v) is 3.41. The zero-order chi connectivity index (χ0) is 12.7. The molecule has 1 aromatic rings. The van der Waals surface area contributed by atoms with Gasteiger partial charge in [0.05, 0.1) is 24.5 Å². The van der Waals surface area contributed by atoms with Gasteiger partial charge in [-0.05, 0) is 6.07 Å². The van der Waals surface area contributed by atoms with Crippen molar-refractivity contribution in [2.24, 2.45) is 0 Å². The fourth-order valence-corrected chi connectivity index (χ4v) is 1.46. The fourth-order valence-electron chi connectivity index (χ4n) is 1.46. The fraction of sp³-hybridized carbons (Fsp3) is 0.455. The predicted octanol–water partition coefficient (Wildman–Crippen LogP) is -0.0194. The summed E-state index contributed by atoms with van der Waals surface area (Å²) in [4.78, 5) is 5.93. The summed E-state index contributed by atoms with van der Waals surface area (Å²) >= 11 is 0. The van der Waals surface area contributed by atoms with Crippen molar-refractivity contribution in [2.45, 2.75) is 0 Å². The first-order valence-corrected chi connectivity index (χ1v) is 5.24. The second kappa shape index (κ2) is 6.68. The lowest BCUT2D eigenvalue weighted by atomic mass is 10.2. The van der Waals surface area contributed by atoms with Crippen molar-refractivity contribution in [3.05, 3.63) is 17.8 Å². The van der Waals surface area contributed by atoms with Crippen LogP contribution < -0.4 is 10.6 Å². The third-order valence-corrected chi connectivity index (χ3v) is 2.32. The molecule has 92 valence electrons. The van der Waals surface area contributed by atoms with Gasteiger partial charge in [0, 0.05) is 26.4 Å². The van der Waals surface area contributed by atoms with E-state index in [2.05, 4.69) is 4.98 Å². The highest BCUT2D eigenvalue weighted by atomic mass is 16.5. The van der Waals surface area contributed by atoms with E-state index in [9.17, 15) is 0 Å². The zero-order valence-electron chi connectivity index (χ0n) is 9.76. The van der Waals surface area contributed by atoms with Gasteiger partial charge in [-0.1, -0.05) is 0 Å². The smallest absolute Gasteiger partial charge is 0.153 e. The monoisotopic (exact) mass is 236 g/mol. The SMILES string of the molecule is COCCN(CCO)c1nccc(C#N)c1N. The molecule has 0 saturated carbocycles. The molecule has 1 rings (SSSR count). The first-order valence-electron chi connectivity index (χ1n) is 5.24. The number of nitrogen functional groups attached to an aromatic ring is 1. The molecular formula is C11H16N4O2.